The minimum Gasteiger partial charge on any atom is -0.469 e. The normalized spacial score (nSPS) is 18.5. The Kier molecular flexibility index (Phi) is 6.45. The van der Waals surface area contributed by atoms with Gasteiger partial charge in [0.1, 0.15) is 0 Å². The summed E-state index contributed by atoms with van der Waals surface area (Å²) in [6, 6.07) is 20.4. The van der Waals surface area contributed by atoms with E-state index >= 15 is 0 Å². The molecular formula is C25H29NO2. The molecule has 3 rings (SSSR count). The van der Waals surface area contributed by atoms with Gasteiger partial charge in [-0.1, -0.05) is 72.3 Å². The fraction of sp³-hybridized carbons (Fsp3) is 0.360. The fourth-order valence-electron chi connectivity index (χ4n) is 3.91. The van der Waals surface area contributed by atoms with Gasteiger partial charge in [0.15, 0.2) is 0 Å². The van der Waals surface area contributed by atoms with Gasteiger partial charge in [-0.25, -0.2) is 0 Å². The highest BCUT2D eigenvalue weighted by molar-refractivity contribution is 6.13. The van der Waals surface area contributed by atoms with Crippen molar-refractivity contribution in [2.24, 2.45) is 10.9 Å². The van der Waals surface area contributed by atoms with Gasteiger partial charge >= 0.3 is 5.97 Å². The van der Waals surface area contributed by atoms with Crippen LogP contribution < -0.4 is 0 Å². The van der Waals surface area contributed by atoms with Crippen molar-refractivity contribution in [1.82, 2.24) is 0 Å². The second-order valence-electron chi connectivity index (χ2n) is 7.82. The van der Waals surface area contributed by atoms with Gasteiger partial charge in [-0.05, 0) is 39.0 Å². The molecule has 1 aliphatic carbocycles. The molecule has 0 radical (unpaired) electrons. The largest absolute Gasteiger partial charge is 0.469 e. The van der Waals surface area contributed by atoms with E-state index < -0.39 is 5.54 Å². The van der Waals surface area contributed by atoms with Crippen molar-refractivity contribution in [3.63, 3.8) is 0 Å². The summed E-state index contributed by atoms with van der Waals surface area (Å²) in [4.78, 5) is 17.6. The lowest BCUT2D eigenvalue weighted by Crippen LogP contribution is -2.38. The minimum absolute atomic E-state index is 0.210. The number of hydrogen-bond donors (Lipinski definition) is 0. The maximum absolute atomic E-state index is 12.3. The Labute approximate surface area is 168 Å². The molecule has 146 valence electrons. The third kappa shape index (κ3) is 4.78. The Bertz CT molecular complexity index is 813. The van der Waals surface area contributed by atoms with Crippen LogP contribution in [0.1, 0.15) is 50.7 Å². The van der Waals surface area contributed by atoms with Gasteiger partial charge in [0.25, 0.3) is 0 Å². The average Bonchev–Trinajstić information content (AvgIpc) is 2.73. The van der Waals surface area contributed by atoms with Crippen LogP contribution in [0.2, 0.25) is 0 Å². The molecule has 0 N–H and O–H groups in total. The summed E-state index contributed by atoms with van der Waals surface area (Å²) in [7, 11) is 1.45. The zero-order chi connectivity index (χ0) is 20.0. The molecule has 0 fully saturated rings. The van der Waals surface area contributed by atoms with Crippen LogP contribution in [0.5, 0.6) is 0 Å². The molecule has 0 aromatic heterocycles. The monoisotopic (exact) mass is 375 g/mol. The third-order valence-corrected chi connectivity index (χ3v) is 5.71. The summed E-state index contributed by atoms with van der Waals surface area (Å²) in [5, 5.41) is 0. The van der Waals surface area contributed by atoms with Crippen LogP contribution in [0.4, 0.5) is 0 Å². The second kappa shape index (κ2) is 9.01. The maximum atomic E-state index is 12.3. The number of carbonyl (C=O) groups excluding carboxylic acids is 1. The number of carbonyl (C=O) groups is 1. The van der Waals surface area contributed by atoms with Gasteiger partial charge in [0, 0.05) is 11.1 Å². The lowest BCUT2D eigenvalue weighted by atomic mass is 9.74. The maximum Gasteiger partial charge on any atom is 0.307 e. The Morgan fingerprint density at radius 2 is 1.64 bits per heavy atom. The van der Waals surface area contributed by atoms with Crippen LogP contribution in [0.15, 0.2) is 77.3 Å². The Morgan fingerprint density at radius 1 is 1.07 bits per heavy atom. The van der Waals surface area contributed by atoms with Crippen molar-refractivity contribution in [3.8, 4) is 0 Å². The number of nitrogens with zero attached hydrogens (tertiary/aromatic N) is 1. The van der Waals surface area contributed by atoms with Crippen molar-refractivity contribution >= 4 is 11.7 Å². The Hall–Kier alpha value is -2.68. The number of aliphatic imine (C=N–C) groups is 1. The topological polar surface area (TPSA) is 38.7 Å². The van der Waals surface area contributed by atoms with E-state index in [1.165, 1.54) is 12.7 Å². The number of rotatable bonds is 6. The molecule has 3 nitrogen and oxygen atoms in total. The van der Waals surface area contributed by atoms with Gasteiger partial charge in [0.05, 0.1) is 24.8 Å². The predicted molar refractivity (Wildman–Crippen MR) is 115 cm³/mol. The first-order chi connectivity index (χ1) is 13.5. The van der Waals surface area contributed by atoms with E-state index in [2.05, 4.69) is 44.2 Å². The Balaban J connectivity index is 2.09. The predicted octanol–water partition coefficient (Wildman–Crippen LogP) is 5.59. The van der Waals surface area contributed by atoms with Crippen molar-refractivity contribution < 1.29 is 9.53 Å². The molecule has 2 aromatic carbocycles. The smallest absolute Gasteiger partial charge is 0.307 e. The van der Waals surface area contributed by atoms with E-state index in [-0.39, 0.29) is 12.4 Å². The molecule has 0 saturated carbocycles. The van der Waals surface area contributed by atoms with E-state index in [0.717, 1.165) is 36.1 Å². The average molecular weight is 376 g/mol. The standard InChI is InChI=1S/C25H29NO2/c1-19-14-16-22(17-15-19)25(2,18-23(27)28-3)26-24(20-10-6-4-7-11-20)21-12-8-5-9-13-21/h4-14,22H,15-18H2,1-3H3. The van der Waals surface area contributed by atoms with Crippen LogP contribution >= 0.6 is 0 Å². The van der Waals surface area contributed by atoms with Crippen molar-refractivity contribution in [1.29, 1.82) is 0 Å². The van der Waals surface area contributed by atoms with E-state index in [4.69, 9.17) is 9.73 Å². The molecule has 2 aromatic rings. The molecule has 0 heterocycles. The number of allylic oxidation sites excluding steroid dienone is 2. The van der Waals surface area contributed by atoms with Gasteiger partial charge in [0.2, 0.25) is 0 Å². The van der Waals surface area contributed by atoms with Gasteiger partial charge in [-0.3, -0.25) is 9.79 Å². The lowest BCUT2D eigenvalue weighted by molar-refractivity contribution is -0.142. The van der Waals surface area contributed by atoms with Gasteiger partial charge < -0.3 is 4.74 Å². The molecule has 28 heavy (non-hydrogen) atoms. The number of hydrogen-bond acceptors (Lipinski definition) is 3. The van der Waals surface area contributed by atoms with Crippen molar-refractivity contribution in [2.75, 3.05) is 7.11 Å². The summed E-state index contributed by atoms with van der Waals surface area (Å²) in [6.45, 7) is 4.28. The number of esters is 1. The molecule has 0 saturated heterocycles. The van der Waals surface area contributed by atoms with Crippen LogP contribution in [0, 0.1) is 5.92 Å². The first-order valence-electron chi connectivity index (χ1n) is 9.95. The Morgan fingerprint density at radius 3 is 2.11 bits per heavy atom. The van der Waals surface area contributed by atoms with Gasteiger partial charge in [-0.15, -0.1) is 0 Å². The quantitative estimate of drug-likeness (QED) is 0.375. The first kappa shape index (κ1) is 20.1. The van der Waals surface area contributed by atoms with E-state index in [1.54, 1.807) is 0 Å². The van der Waals surface area contributed by atoms with E-state index in [1.807, 2.05) is 36.4 Å². The highest BCUT2D eigenvalue weighted by Gasteiger charge is 2.37. The number of ether oxygens (including phenoxy) is 1. The summed E-state index contributed by atoms with van der Waals surface area (Å²) >= 11 is 0. The zero-order valence-electron chi connectivity index (χ0n) is 17.0. The summed E-state index contributed by atoms with van der Waals surface area (Å²) < 4.78 is 5.03. The van der Waals surface area contributed by atoms with E-state index in [9.17, 15) is 4.79 Å². The highest BCUT2D eigenvalue weighted by atomic mass is 16.5. The molecule has 3 heteroatoms. The molecule has 2 unspecified atom stereocenters. The van der Waals surface area contributed by atoms with Crippen molar-refractivity contribution in [2.45, 2.75) is 45.1 Å². The molecular weight excluding hydrogens is 346 g/mol. The molecule has 2 atom stereocenters. The first-order valence-corrected chi connectivity index (χ1v) is 9.95. The summed E-state index contributed by atoms with van der Waals surface area (Å²) in [6.07, 6.45) is 5.62. The fourth-order valence-corrected chi connectivity index (χ4v) is 3.91. The number of methoxy groups -OCH3 is 1. The molecule has 0 aliphatic heterocycles. The molecule has 0 spiro atoms. The summed E-state index contributed by atoms with van der Waals surface area (Å²) in [5.74, 6) is 0.0933. The SMILES string of the molecule is COC(=O)CC(C)(N=C(c1ccccc1)c1ccccc1)C1CC=C(C)CC1. The highest BCUT2D eigenvalue weighted by Crippen LogP contribution is 2.38. The molecule has 0 bridgehead atoms. The summed E-state index contributed by atoms with van der Waals surface area (Å²) in [5.41, 5.74) is 3.95. The lowest BCUT2D eigenvalue weighted by Gasteiger charge is -2.36. The van der Waals surface area contributed by atoms with Crippen LogP contribution in [0.3, 0.4) is 0 Å². The van der Waals surface area contributed by atoms with Crippen LogP contribution in [-0.2, 0) is 9.53 Å². The molecule has 0 amide bonds. The van der Waals surface area contributed by atoms with E-state index in [0.29, 0.717) is 5.92 Å². The van der Waals surface area contributed by atoms with Gasteiger partial charge in [-0.2, -0.15) is 0 Å². The molecule has 1 aliphatic rings. The third-order valence-electron chi connectivity index (χ3n) is 5.71. The van der Waals surface area contributed by atoms with Crippen LogP contribution in [-0.4, -0.2) is 24.3 Å². The second-order valence-corrected chi connectivity index (χ2v) is 7.82. The minimum atomic E-state index is -0.523. The number of benzene rings is 2. The van der Waals surface area contributed by atoms with Crippen LogP contribution in [0.25, 0.3) is 0 Å². The van der Waals surface area contributed by atoms with Crippen molar-refractivity contribution in [3.05, 3.63) is 83.4 Å². The zero-order valence-corrected chi connectivity index (χ0v) is 17.0.